The molecule has 2 fully saturated rings. The molecule has 1 saturated carbocycles. The predicted octanol–water partition coefficient (Wildman–Crippen LogP) is 4.97. The van der Waals surface area contributed by atoms with E-state index in [9.17, 15) is 9.59 Å². The molecule has 1 aliphatic carbocycles. The lowest BCUT2D eigenvalue weighted by Crippen LogP contribution is -2.53. The van der Waals surface area contributed by atoms with Gasteiger partial charge >= 0.3 is 6.09 Å². The molecule has 1 aromatic heterocycles. The van der Waals surface area contributed by atoms with Crippen molar-refractivity contribution in [2.24, 2.45) is 0 Å². The summed E-state index contributed by atoms with van der Waals surface area (Å²) in [7, 11) is 3.74. The fraction of sp³-hybridized carbons (Fsp3) is 0.531. The van der Waals surface area contributed by atoms with Crippen molar-refractivity contribution in [1.29, 1.82) is 0 Å². The Balaban J connectivity index is 1.37. The van der Waals surface area contributed by atoms with Gasteiger partial charge in [-0.2, -0.15) is 5.10 Å². The van der Waals surface area contributed by atoms with Gasteiger partial charge in [0.2, 0.25) is 0 Å². The lowest BCUT2D eigenvalue weighted by atomic mass is 10.1. The van der Waals surface area contributed by atoms with Crippen molar-refractivity contribution in [1.82, 2.24) is 19.6 Å². The highest BCUT2D eigenvalue weighted by atomic mass is 16.6. The lowest BCUT2D eigenvalue weighted by Gasteiger charge is -2.36. The third-order valence-electron chi connectivity index (χ3n) is 7.59. The molecule has 1 atom stereocenters. The second-order valence-corrected chi connectivity index (χ2v) is 12.1. The molecule has 0 bridgehead atoms. The molecular formula is C32H43N5O5. The van der Waals surface area contributed by atoms with Crippen LogP contribution < -0.4 is 4.90 Å². The van der Waals surface area contributed by atoms with Crippen LogP contribution in [-0.4, -0.2) is 89.8 Å². The van der Waals surface area contributed by atoms with Crippen LogP contribution in [0.15, 0.2) is 48.5 Å². The Hall–Kier alpha value is -3.63. The first-order valence-corrected chi connectivity index (χ1v) is 14.8. The summed E-state index contributed by atoms with van der Waals surface area (Å²) in [5.74, 6) is 0.803. The average Bonchev–Trinajstić information content (AvgIpc) is 3.76. The zero-order valence-corrected chi connectivity index (χ0v) is 25.4. The first-order valence-electron chi connectivity index (χ1n) is 14.8. The van der Waals surface area contributed by atoms with Crippen molar-refractivity contribution >= 4 is 34.4 Å². The molecule has 2 aliphatic rings. The number of hydrogen-bond acceptors (Lipinski definition) is 7. The van der Waals surface area contributed by atoms with Gasteiger partial charge in [-0.1, -0.05) is 24.3 Å². The summed E-state index contributed by atoms with van der Waals surface area (Å²) >= 11 is 0. The van der Waals surface area contributed by atoms with Crippen LogP contribution >= 0.6 is 0 Å². The number of methoxy groups -OCH3 is 1. The highest BCUT2D eigenvalue weighted by Gasteiger charge is 2.39. The fourth-order valence-corrected chi connectivity index (χ4v) is 5.30. The Morgan fingerprint density at radius 2 is 1.88 bits per heavy atom. The molecule has 2 aromatic carbocycles. The number of fused-ring (bicyclic) bond motifs is 1. The Kier molecular flexibility index (Phi) is 9.03. The Morgan fingerprint density at radius 3 is 2.57 bits per heavy atom. The van der Waals surface area contributed by atoms with E-state index in [0.29, 0.717) is 26.3 Å². The zero-order valence-electron chi connectivity index (χ0n) is 25.4. The number of anilines is 2. The number of benzene rings is 2. The molecule has 0 N–H and O–H groups in total. The second-order valence-electron chi connectivity index (χ2n) is 12.1. The number of aromatic nitrogens is 2. The molecule has 2 heterocycles. The minimum Gasteiger partial charge on any atom is -0.444 e. The van der Waals surface area contributed by atoms with E-state index < -0.39 is 17.8 Å². The molecule has 5 rings (SSSR count). The summed E-state index contributed by atoms with van der Waals surface area (Å²) in [5, 5.41) is 6.05. The number of carbonyl (C=O) groups is 2. The van der Waals surface area contributed by atoms with Crippen LogP contribution in [-0.2, 0) is 32.1 Å². The highest BCUT2D eigenvalue weighted by molar-refractivity contribution is 5.93. The summed E-state index contributed by atoms with van der Waals surface area (Å²) in [6, 6.07) is 16.7. The van der Waals surface area contributed by atoms with Crippen molar-refractivity contribution < 1.29 is 23.8 Å². The van der Waals surface area contributed by atoms with Crippen LogP contribution in [0.1, 0.15) is 45.6 Å². The van der Waals surface area contributed by atoms with Crippen molar-refractivity contribution in [2.45, 2.75) is 70.9 Å². The van der Waals surface area contributed by atoms with Gasteiger partial charge in [-0.15, -0.1) is 0 Å². The first kappa shape index (κ1) is 29.8. The minimum absolute atomic E-state index is 0.0797. The number of morpholine rings is 1. The summed E-state index contributed by atoms with van der Waals surface area (Å²) in [5.41, 5.74) is 2.52. The largest absolute Gasteiger partial charge is 0.444 e. The van der Waals surface area contributed by atoms with Crippen molar-refractivity contribution in [2.75, 3.05) is 45.4 Å². The van der Waals surface area contributed by atoms with Gasteiger partial charge in [-0.05, 0) is 69.9 Å². The third kappa shape index (κ3) is 7.04. The molecule has 2 amide bonds. The minimum atomic E-state index is -0.707. The van der Waals surface area contributed by atoms with Crippen molar-refractivity contribution in [3.8, 4) is 0 Å². The standard InChI is InChI=1S/C32H43N5O5/c1-32(2,3)42-31(39)35-17-19-41-28(22-35)30(38)36(25-13-14-25)21-23-12-15-26-27(20-23)37(16-9-18-40-5)33-29(26)34(4)24-10-7-6-8-11-24/h6-8,10-12,15,20,25,28H,9,13-14,16-19,21-22H2,1-5H3/t28-/m1/s1. The quantitative estimate of drug-likeness (QED) is 0.315. The second kappa shape index (κ2) is 12.7. The summed E-state index contributed by atoms with van der Waals surface area (Å²) in [6.07, 6.45) is 1.66. The fourth-order valence-electron chi connectivity index (χ4n) is 5.30. The molecule has 10 heteroatoms. The van der Waals surface area contributed by atoms with Gasteiger partial charge in [0.15, 0.2) is 11.9 Å². The molecule has 226 valence electrons. The molecule has 0 spiro atoms. The van der Waals surface area contributed by atoms with E-state index in [2.05, 4.69) is 35.2 Å². The number of aryl methyl sites for hydroxylation is 1. The maximum absolute atomic E-state index is 13.8. The molecular weight excluding hydrogens is 534 g/mol. The summed E-state index contributed by atoms with van der Waals surface area (Å²) in [4.78, 5) is 32.1. The lowest BCUT2D eigenvalue weighted by molar-refractivity contribution is -0.150. The Labute approximate surface area is 248 Å². The maximum atomic E-state index is 13.8. The number of amides is 2. The topological polar surface area (TPSA) is 89.4 Å². The van der Waals surface area contributed by atoms with Crippen molar-refractivity contribution in [3.05, 3.63) is 54.1 Å². The SMILES string of the molecule is COCCCn1nc(N(C)c2ccccc2)c2ccc(CN(C(=O)[C@H]3CN(C(=O)OC(C)(C)C)CCO3)C3CC3)cc21. The number of para-hydroxylation sites is 1. The van der Waals surface area contributed by atoms with E-state index in [0.717, 1.165) is 53.8 Å². The highest BCUT2D eigenvalue weighted by Crippen LogP contribution is 2.33. The molecule has 1 saturated heterocycles. The summed E-state index contributed by atoms with van der Waals surface area (Å²) in [6.45, 7) is 8.26. The Morgan fingerprint density at radius 1 is 1.12 bits per heavy atom. The van der Waals surface area contributed by atoms with E-state index in [1.807, 2.05) is 55.6 Å². The van der Waals surface area contributed by atoms with E-state index >= 15 is 0 Å². The molecule has 42 heavy (non-hydrogen) atoms. The molecule has 1 aliphatic heterocycles. The third-order valence-corrected chi connectivity index (χ3v) is 7.59. The van der Waals surface area contributed by atoms with Crippen molar-refractivity contribution in [3.63, 3.8) is 0 Å². The molecule has 10 nitrogen and oxygen atoms in total. The molecule has 0 radical (unpaired) electrons. The van der Waals surface area contributed by atoms with E-state index in [4.69, 9.17) is 19.3 Å². The maximum Gasteiger partial charge on any atom is 0.410 e. The van der Waals surface area contributed by atoms with Gasteiger partial charge in [-0.25, -0.2) is 4.79 Å². The van der Waals surface area contributed by atoms with Gasteiger partial charge in [0.25, 0.3) is 5.91 Å². The number of rotatable bonds is 10. The van der Waals surface area contributed by atoms with Gasteiger partial charge in [0.05, 0.1) is 18.7 Å². The number of nitrogens with zero attached hydrogens (tertiary/aromatic N) is 5. The van der Waals surface area contributed by atoms with Crippen LogP contribution in [0.2, 0.25) is 0 Å². The van der Waals surface area contributed by atoms with E-state index in [-0.39, 0.29) is 18.5 Å². The van der Waals surface area contributed by atoms with E-state index in [1.165, 1.54) is 0 Å². The van der Waals surface area contributed by atoms with Gasteiger partial charge in [0, 0.05) is 57.5 Å². The average molecular weight is 578 g/mol. The van der Waals surface area contributed by atoms with Crippen LogP contribution in [0.25, 0.3) is 10.9 Å². The number of carbonyl (C=O) groups excluding carboxylic acids is 2. The molecule has 0 unspecified atom stereocenters. The van der Waals surface area contributed by atoms with Crippen LogP contribution in [0.4, 0.5) is 16.3 Å². The predicted molar refractivity (Wildman–Crippen MR) is 162 cm³/mol. The number of ether oxygens (including phenoxy) is 3. The zero-order chi connectivity index (χ0) is 29.9. The molecule has 3 aromatic rings. The van der Waals surface area contributed by atoms with E-state index in [1.54, 1.807) is 12.0 Å². The van der Waals surface area contributed by atoms with Crippen LogP contribution in [0.3, 0.4) is 0 Å². The van der Waals surface area contributed by atoms with Gasteiger partial charge in [0.1, 0.15) is 5.60 Å². The smallest absolute Gasteiger partial charge is 0.410 e. The monoisotopic (exact) mass is 577 g/mol. The first-order chi connectivity index (χ1) is 20.1. The van der Waals surface area contributed by atoms with Crippen LogP contribution in [0.5, 0.6) is 0 Å². The normalized spacial score (nSPS) is 17.4. The van der Waals surface area contributed by atoms with Gasteiger partial charge < -0.3 is 28.9 Å². The number of hydrogen-bond donors (Lipinski definition) is 0. The Bertz CT molecular complexity index is 1380. The summed E-state index contributed by atoms with van der Waals surface area (Å²) < 4.78 is 18.8. The van der Waals surface area contributed by atoms with Gasteiger partial charge in [-0.3, -0.25) is 9.48 Å². The van der Waals surface area contributed by atoms with Crippen LogP contribution in [0, 0.1) is 0 Å².